The molecule has 2 aromatic carbocycles. The Bertz CT molecular complexity index is 1060. The third-order valence-corrected chi connectivity index (χ3v) is 5.61. The summed E-state index contributed by atoms with van der Waals surface area (Å²) in [4.78, 5) is 37.1. The lowest BCUT2D eigenvalue weighted by Gasteiger charge is -2.40. The summed E-state index contributed by atoms with van der Waals surface area (Å²) in [5.41, 5.74) is 2.63. The Labute approximate surface area is 183 Å². The highest BCUT2D eigenvalue weighted by atomic mass is 19.1. The molecule has 7 nitrogen and oxygen atoms in total. The topological polar surface area (TPSA) is 87.7 Å². The van der Waals surface area contributed by atoms with Crippen molar-refractivity contribution < 1.29 is 27.9 Å². The van der Waals surface area contributed by atoms with Gasteiger partial charge in [0.15, 0.2) is 0 Å². The number of nitrogens with zero attached hydrogens (tertiary/aromatic N) is 1. The van der Waals surface area contributed by atoms with Crippen LogP contribution in [0.3, 0.4) is 0 Å². The maximum Gasteiger partial charge on any atom is 0.412 e. The molecule has 0 aromatic heterocycles. The number of ether oxygens (including phenoxy) is 1. The van der Waals surface area contributed by atoms with Crippen molar-refractivity contribution in [2.45, 2.75) is 38.7 Å². The molecule has 0 radical (unpaired) electrons. The number of imide groups is 1. The van der Waals surface area contributed by atoms with Crippen LogP contribution in [0.2, 0.25) is 0 Å². The minimum absolute atomic E-state index is 0.0341. The zero-order valence-corrected chi connectivity index (χ0v) is 17.7. The Morgan fingerprint density at radius 2 is 1.69 bits per heavy atom. The number of piperidine rings is 1. The predicted molar refractivity (Wildman–Crippen MR) is 114 cm³/mol. The van der Waals surface area contributed by atoms with E-state index in [1.54, 1.807) is 4.90 Å². The fraction of sp³-hybridized carbons (Fsp3) is 0.348. The van der Waals surface area contributed by atoms with E-state index in [9.17, 15) is 23.2 Å². The molecule has 4 rings (SSSR count). The molecular formula is C23H23F2N3O4. The van der Waals surface area contributed by atoms with E-state index in [0.717, 1.165) is 23.3 Å². The van der Waals surface area contributed by atoms with Gasteiger partial charge >= 0.3 is 6.09 Å². The summed E-state index contributed by atoms with van der Waals surface area (Å²) in [6, 6.07) is 7.97. The SMILES string of the molecule is Cc1cc(C)cc(NC(=O)OC2CN(c3cc(F)c(C4CCC(=O)NC4=O)c(F)c3)C2)c1. The molecule has 0 saturated carbocycles. The Hall–Kier alpha value is -3.49. The minimum atomic E-state index is -1.04. The van der Waals surface area contributed by atoms with Crippen LogP contribution < -0.4 is 15.5 Å². The first kappa shape index (κ1) is 21.7. The molecule has 2 saturated heterocycles. The van der Waals surface area contributed by atoms with Crippen LogP contribution in [0.1, 0.15) is 35.4 Å². The van der Waals surface area contributed by atoms with E-state index < -0.39 is 41.6 Å². The first-order valence-electron chi connectivity index (χ1n) is 10.3. The molecule has 2 aliphatic heterocycles. The number of halogens is 2. The van der Waals surface area contributed by atoms with Gasteiger partial charge in [-0.05, 0) is 55.7 Å². The average molecular weight is 443 g/mol. The van der Waals surface area contributed by atoms with Crippen LogP contribution in [0.25, 0.3) is 0 Å². The largest absolute Gasteiger partial charge is 0.442 e. The van der Waals surface area contributed by atoms with Crippen molar-refractivity contribution in [1.29, 1.82) is 0 Å². The van der Waals surface area contributed by atoms with Crippen LogP contribution >= 0.6 is 0 Å². The zero-order valence-electron chi connectivity index (χ0n) is 17.7. The molecule has 0 bridgehead atoms. The molecular weight excluding hydrogens is 420 g/mol. The van der Waals surface area contributed by atoms with Gasteiger partial charge in [0.1, 0.15) is 17.7 Å². The second-order valence-electron chi connectivity index (χ2n) is 8.26. The molecule has 1 unspecified atom stereocenters. The van der Waals surface area contributed by atoms with E-state index in [-0.39, 0.29) is 31.5 Å². The van der Waals surface area contributed by atoms with Gasteiger partial charge in [0.05, 0.1) is 19.0 Å². The average Bonchev–Trinajstić information content (AvgIpc) is 2.64. The van der Waals surface area contributed by atoms with Gasteiger partial charge in [-0.15, -0.1) is 0 Å². The molecule has 9 heteroatoms. The number of hydrogen-bond acceptors (Lipinski definition) is 5. The summed E-state index contributed by atoms with van der Waals surface area (Å²) >= 11 is 0. The van der Waals surface area contributed by atoms with Crippen molar-refractivity contribution in [3.63, 3.8) is 0 Å². The van der Waals surface area contributed by atoms with Crippen LogP contribution in [-0.4, -0.2) is 37.1 Å². The molecule has 2 aliphatic rings. The number of rotatable bonds is 4. The predicted octanol–water partition coefficient (Wildman–Crippen LogP) is 3.54. The number of carbonyl (C=O) groups is 3. The first-order valence-corrected chi connectivity index (χ1v) is 10.3. The van der Waals surface area contributed by atoms with Gasteiger partial charge in [-0.3, -0.25) is 20.2 Å². The monoisotopic (exact) mass is 443 g/mol. The van der Waals surface area contributed by atoms with Crippen molar-refractivity contribution in [2.75, 3.05) is 23.3 Å². The molecule has 3 amide bonds. The normalized spacial score (nSPS) is 18.8. The Morgan fingerprint density at radius 3 is 2.28 bits per heavy atom. The lowest BCUT2D eigenvalue weighted by Crippen LogP contribution is -2.53. The molecule has 168 valence electrons. The van der Waals surface area contributed by atoms with Crippen LogP contribution in [0, 0.1) is 25.5 Å². The maximum atomic E-state index is 14.7. The minimum Gasteiger partial charge on any atom is -0.442 e. The zero-order chi connectivity index (χ0) is 23.0. The van der Waals surface area contributed by atoms with E-state index >= 15 is 0 Å². The molecule has 0 aliphatic carbocycles. The highest BCUT2D eigenvalue weighted by molar-refractivity contribution is 6.01. The number of carbonyl (C=O) groups excluding carboxylic acids is 3. The summed E-state index contributed by atoms with van der Waals surface area (Å²) in [7, 11) is 0. The highest BCUT2D eigenvalue weighted by Crippen LogP contribution is 2.33. The van der Waals surface area contributed by atoms with Crippen LogP contribution in [0.15, 0.2) is 30.3 Å². The van der Waals surface area contributed by atoms with Crippen molar-refractivity contribution in [2.24, 2.45) is 0 Å². The molecule has 32 heavy (non-hydrogen) atoms. The lowest BCUT2D eigenvalue weighted by atomic mass is 9.89. The quantitative estimate of drug-likeness (QED) is 0.706. The third kappa shape index (κ3) is 4.56. The summed E-state index contributed by atoms with van der Waals surface area (Å²) in [5, 5.41) is 4.80. The lowest BCUT2D eigenvalue weighted by molar-refractivity contribution is -0.134. The second kappa shape index (κ2) is 8.57. The van der Waals surface area contributed by atoms with E-state index in [0.29, 0.717) is 11.4 Å². The highest BCUT2D eigenvalue weighted by Gasteiger charge is 2.35. The molecule has 1 atom stereocenters. The fourth-order valence-corrected chi connectivity index (χ4v) is 4.12. The van der Waals surface area contributed by atoms with Crippen molar-refractivity contribution >= 4 is 29.3 Å². The van der Waals surface area contributed by atoms with E-state index in [1.165, 1.54) is 0 Å². The van der Waals surface area contributed by atoms with Gasteiger partial charge in [-0.2, -0.15) is 0 Å². The summed E-state index contributed by atoms with van der Waals surface area (Å²) in [6.07, 6.45) is -0.911. The van der Waals surface area contributed by atoms with Crippen LogP contribution in [0.4, 0.5) is 25.0 Å². The number of anilines is 2. The van der Waals surface area contributed by atoms with E-state index in [1.807, 2.05) is 32.0 Å². The molecule has 2 N–H and O–H groups in total. The Kier molecular flexibility index (Phi) is 5.82. The molecule has 2 fully saturated rings. The summed E-state index contributed by atoms with van der Waals surface area (Å²) in [5.74, 6) is -3.86. The number of hydrogen-bond donors (Lipinski definition) is 2. The van der Waals surface area contributed by atoms with E-state index in [2.05, 4.69) is 10.6 Å². The number of nitrogens with one attached hydrogen (secondary N) is 2. The third-order valence-electron chi connectivity index (χ3n) is 5.61. The summed E-state index contributed by atoms with van der Waals surface area (Å²) in [6.45, 7) is 4.43. The van der Waals surface area contributed by atoms with Gasteiger partial charge in [-0.1, -0.05) is 6.07 Å². The number of aryl methyl sites for hydroxylation is 2. The van der Waals surface area contributed by atoms with Gasteiger partial charge in [0, 0.05) is 23.4 Å². The van der Waals surface area contributed by atoms with Gasteiger partial charge in [-0.25, -0.2) is 13.6 Å². The Morgan fingerprint density at radius 1 is 1.06 bits per heavy atom. The number of amides is 3. The van der Waals surface area contributed by atoms with Gasteiger partial charge in [0.25, 0.3) is 0 Å². The fourth-order valence-electron chi connectivity index (χ4n) is 4.12. The molecule has 2 aromatic rings. The smallest absolute Gasteiger partial charge is 0.412 e. The van der Waals surface area contributed by atoms with Crippen LogP contribution in [0.5, 0.6) is 0 Å². The molecule has 0 spiro atoms. The van der Waals surface area contributed by atoms with Gasteiger partial charge in [0.2, 0.25) is 11.8 Å². The standard InChI is InChI=1S/C23H23F2N3O4/c1-12-5-13(2)7-14(6-12)26-23(31)32-16-10-28(11-16)15-8-18(24)21(19(25)9-15)17-3-4-20(29)27-22(17)30/h5-9,16-17H,3-4,10-11H2,1-2H3,(H,26,31)(H,27,29,30). The van der Waals surface area contributed by atoms with Gasteiger partial charge < -0.3 is 9.64 Å². The van der Waals surface area contributed by atoms with Crippen molar-refractivity contribution in [3.8, 4) is 0 Å². The number of benzene rings is 2. The van der Waals surface area contributed by atoms with Crippen molar-refractivity contribution in [3.05, 3.63) is 58.7 Å². The van der Waals surface area contributed by atoms with Crippen molar-refractivity contribution in [1.82, 2.24) is 5.32 Å². The Balaban J connectivity index is 1.36. The maximum absolute atomic E-state index is 14.7. The molecule has 2 heterocycles. The van der Waals surface area contributed by atoms with Crippen LogP contribution in [-0.2, 0) is 14.3 Å². The first-order chi connectivity index (χ1) is 15.2. The van der Waals surface area contributed by atoms with E-state index in [4.69, 9.17) is 4.74 Å². The second-order valence-corrected chi connectivity index (χ2v) is 8.26. The summed E-state index contributed by atoms with van der Waals surface area (Å²) < 4.78 is 34.7.